The number of carbonyl (C=O) groups is 1. The number of piperazine rings is 1. The first-order chi connectivity index (χ1) is 6.65. The van der Waals surface area contributed by atoms with Crippen LogP contribution in [0, 0.1) is 0 Å². The van der Waals surface area contributed by atoms with E-state index in [9.17, 15) is 4.79 Å². The molecular weight excluding hydrogens is 216 g/mol. The summed E-state index contributed by atoms with van der Waals surface area (Å²) in [5.74, 6) is -0.110. The minimum atomic E-state index is -0.112. The molecule has 1 rings (SSSR count). The number of nitrogens with zero attached hydrogens (tertiary/aromatic N) is 1. The molecule has 0 aliphatic carbocycles. The quantitative estimate of drug-likeness (QED) is 0.731. The minimum absolute atomic E-state index is 0. The van der Waals surface area contributed by atoms with Crippen LogP contribution in [0.1, 0.15) is 20.8 Å². The van der Waals surface area contributed by atoms with E-state index in [0.717, 1.165) is 19.6 Å². The summed E-state index contributed by atoms with van der Waals surface area (Å²) in [6, 6.07) is 0.347. The molecule has 1 heterocycles. The number of carbonyl (C=O) groups excluding carboxylic acids is 1. The molecular formula is C10H21ClN2O2. The molecule has 5 heteroatoms. The second-order valence-corrected chi connectivity index (χ2v) is 3.78. The highest BCUT2D eigenvalue weighted by atomic mass is 35.5. The third-order valence-corrected chi connectivity index (χ3v) is 2.58. The lowest BCUT2D eigenvalue weighted by Crippen LogP contribution is -2.54. The fourth-order valence-corrected chi connectivity index (χ4v) is 1.73. The highest BCUT2D eigenvalue weighted by Gasteiger charge is 2.25. The summed E-state index contributed by atoms with van der Waals surface area (Å²) in [5.41, 5.74) is 0. The van der Waals surface area contributed by atoms with Gasteiger partial charge in [0.2, 0.25) is 0 Å². The first kappa shape index (κ1) is 14.7. The summed E-state index contributed by atoms with van der Waals surface area (Å²) >= 11 is 0. The Balaban J connectivity index is 0.00000196. The molecule has 0 bridgehead atoms. The van der Waals surface area contributed by atoms with Gasteiger partial charge in [0.15, 0.2) is 0 Å². The van der Waals surface area contributed by atoms with Crippen molar-refractivity contribution in [1.82, 2.24) is 10.2 Å². The molecule has 0 aromatic heterocycles. The number of hydrogen-bond acceptors (Lipinski definition) is 4. The van der Waals surface area contributed by atoms with Gasteiger partial charge in [-0.15, -0.1) is 12.4 Å². The normalized spacial score (nSPS) is 24.1. The third-order valence-electron chi connectivity index (χ3n) is 2.58. The van der Waals surface area contributed by atoms with Crippen LogP contribution in [-0.2, 0) is 9.53 Å². The Kier molecular flexibility index (Phi) is 6.89. The maximum Gasteiger partial charge on any atom is 0.323 e. The van der Waals surface area contributed by atoms with E-state index in [-0.39, 0.29) is 24.4 Å². The van der Waals surface area contributed by atoms with E-state index >= 15 is 0 Å². The van der Waals surface area contributed by atoms with Gasteiger partial charge in [0.1, 0.15) is 6.04 Å². The van der Waals surface area contributed by atoms with Crippen LogP contribution in [0.3, 0.4) is 0 Å². The number of rotatable bonds is 3. The standard InChI is InChI=1S/C10H20N2O2.ClH/c1-4-14-10(13)9(3)12-6-5-11-8(2)7-12;/h8-9,11H,4-7H2,1-3H3;1H. The summed E-state index contributed by atoms with van der Waals surface area (Å²) in [6.45, 7) is 9.13. The molecule has 0 radical (unpaired) electrons. The summed E-state index contributed by atoms with van der Waals surface area (Å²) in [5, 5.41) is 3.34. The van der Waals surface area contributed by atoms with Crippen LogP contribution in [0.5, 0.6) is 0 Å². The van der Waals surface area contributed by atoms with Crippen molar-refractivity contribution >= 4 is 18.4 Å². The van der Waals surface area contributed by atoms with E-state index in [1.165, 1.54) is 0 Å². The molecule has 2 unspecified atom stereocenters. The van der Waals surface area contributed by atoms with Crippen molar-refractivity contribution in [1.29, 1.82) is 0 Å². The largest absolute Gasteiger partial charge is 0.465 e. The van der Waals surface area contributed by atoms with Gasteiger partial charge in [-0.25, -0.2) is 0 Å². The number of halogens is 1. The lowest BCUT2D eigenvalue weighted by molar-refractivity contribution is -0.149. The van der Waals surface area contributed by atoms with Crippen LogP contribution in [0.4, 0.5) is 0 Å². The van der Waals surface area contributed by atoms with Crippen molar-refractivity contribution in [2.45, 2.75) is 32.9 Å². The van der Waals surface area contributed by atoms with Crippen molar-refractivity contribution in [2.24, 2.45) is 0 Å². The van der Waals surface area contributed by atoms with Gasteiger partial charge in [-0.1, -0.05) is 0 Å². The van der Waals surface area contributed by atoms with Crippen molar-refractivity contribution in [3.63, 3.8) is 0 Å². The summed E-state index contributed by atoms with van der Waals surface area (Å²) < 4.78 is 4.99. The second kappa shape index (κ2) is 7.04. The van der Waals surface area contributed by atoms with Gasteiger partial charge in [-0.2, -0.15) is 0 Å². The average molecular weight is 237 g/mol. The van der Waals surface area contributed by atoms with Crippen LogP contribution in [0.2, 0.25) is 0 Å². The molecule has 1 saturated heterocycles. The molecule has 0 aromatic carbocycles. The lowest BCUT2D eigenvalue weighted by Gasteiger charge is -2.34. The van der Waals surface area contributed by atoms with Crippen LogP contribution in [0.25, 0.3) is 0 Å². The van der Waals surface area contributed by atoms with Crippen LogP contribution in [-0.4, -0.2) is 49.2 Å². The molecule has 15 heavy (non-hydrogen) atoms. The Morgan fingerprint density at radius 2 is 2.33 bits per heavy atom. The zero-order valence-corrected chi connectivity index (χ0v) is 10.5. The van der Waals surface area contributed by atoms with Gasteiger partial charge in [-0.3, -0.25) is 9.69 Å². The smallest absolute Gasteiger partial charge is 0.323 e. The Morgan fingerprint density at radius 3 is 2.87 bits per heavy atom. The Bertz CT molecular complexity index is 202. The zero-order valence-electron chi connectivity index (χ0n) is 9.66. The molecule has 2 atom stereocenters. The number of ether oxygens (including phenoxy) is 1. The topological polar surface area (TPSA) is 41.6 Å². The summed E-state index contributed by atoms with van der Waals surface area (Å²) in [6.07, 6.45) is 0. The molecule has 1 aliphatic heterocycles. The van der Waals surface area contributed by atoms with Gasteiger partial charge in [0.25, 0.3) is 0 Å². The fourth-order valence-electron chi connectivity index (χ4n) is 1.73. The maximum absolute atomic E-state index is 11.5. The van der Waals surface area contributed by atoms with E-state index in [2.05, 4.69) is 17.1 Å². The molecule has 0 saturated carbocycles. The summed E-state index contributed by atoms with van der Waals surface area (Å²) in [4.78, 5) is 13.6. The molecule has 0 aromatic rings. The Hall–Kier alpha value is -0.320. The predicted molar refractivity (Wildman–Crippen MR) is 62.4 cm³/mol. The predicted octanol–water partition coefficient (Wildman–Crippen LogP) is 0.654. The van der Waals surface area contributed by atoms with Crippen LogP contribution in [0.15, 0.2) is 0 Å². The van der Waals surface area contributed by atoms with Crippen molar-refractivity contribution in [3.8, 4) is 0 Å². The molecule has 1 aliphatic rings. The van der Waals surface area contributed by atoms with Crippen molar-refractivity contribution in [2.75, 3.05) is 26.2 Å². The lowest BCUT2D eigenvalue weighted by atomic mass is 10.2. The number of esters is 1. The van der Waals surface area contributed by atoms with Crippen LogP contribution < -0.4 is 5.32 Å². The molecule has 1 N–H and O–H groups in total. The molecule has 0 amide bonds. The zero-order chi connectivity index (χ0) is 10.6. The minimum Gasteiger partial charge on any atom is -0.465 e. The van der Waals surface area contributed by atoms with Gasteiger partial charge < -0.3 is 10.1 Å². The fraction of sp³-hybridized carbons (Fsp3) is 0.900. The van der Waals surface area contributed by atoms with Crippen LogP contribution >= 0.6 is 12.4 Å². The second-order valence-electron chi connectivity index (χ2n) is 3.78. The number of hydrogen-bond donors (Lipinski definition) is 1. The van der Waals surface area contributed by atoms with Gasteiger partial charge in [-0.05, 0) is 20.8 Å². The molecule has 1 fully saturated rings. The van der Waals surface area contributed by atoms with Crippen molar-refractivity contribution in [3.05, 3.63) is 0 Å². The maximum atomic E-state index is 11.5. The molecule has 0 spiro atoms. The first-order valence-electron chi connectivity index (χ1n) is 5.29. The van der Waals surface area contributed by atoms with E-state index in [1.807, 2.05) is 13.8 Å². The SMILES string of the molecule is CCOC(=O)C(C)N1CCNC(C)C1.Cl. The van der Waals surface area contributed by atoms with Gasteiger partial charge >= 0.3 is 5.97 Å². The van der Waals surface area contributed by atoms with E-state index in [1.54, 1.807) is 0 Å². The van der Waals surface area contributed by atoms with Crippen molar-refractivity contribution < 1.29 is 9.53 Å². The Labute approximate surface area is 97.8 Å². The molecule has 90 valence electrons. The highest BCUT2D eigenvalue weighted by molar-refractivity contribution is 5.85. The van der Waals surface area contributed by atoms with E-state index in [4.69, 9.17) is 4.74 Å². The van der Waals surface area contributed by atoms with Gasteiger partial charge in [0.05, 0.1) is 6.61 Å². The monoisotopic (exact) mass is 236 g/mol. The Morgan fingerprint density at radius 1 is 1.67 bits per heavy atom. The number of nitrogens with one attached hydrogen (secondary N) is 1. The van der Waals surface area contributed by atoms with E-state index < -0.39 is 0 Å². The highest BCUT2D eigenvalue weighted by Crippen LogP contribution is 2.05. The van der Waals surface area contributed by atoms with Gasteiger partial charge in [0, 0.05) is 25.7 Å². The average Bonchev–Trinajstić information content (AvgIpc) is 2.17. The molecule has 4 nitrogen and oxygen atoms in total. The third kappa shape index (κ3) is 4.36. The first-order valence-corrected chi connectivity index (χ1v) is 5.29. The van der Waals surface area contributed by atoms with E-state index in [0.29, 0.717) is 12.6 Å². The summed E-state index contributed by atoms with van der Waals surface area (Å²) in [7, 11) is 0.